The first-order valence-electron chi connectivity index (χ1n) is 9.73. The number of carbonyl (C=O) groups excluding carboxylic acids is 1. The molecule has 0 aliphatic carbocycles. The van der Waals surface area contributed by atoms with Crippen LogP contribution in [0.1, 0.15) is 57.8 Å². The monoisotopic (exact) mass is 375 g/mol. The summed E-state index contributed by atoms with van der Waals surface area (Å²) in [4.78, 5) is 16.7. The van der Waals surface area contributed by atoms with E-state index >= 15 is 0 Å². The van der Waals surface area contributed by atoms with Gasteiger partial charge in [-0.15, -0.1) is 0 Å². The summed E-state index contributed by atoms with van der Waals surface area (Å²) in [5.74, 6) is -0.309. The Morgan fingerprint density at radius 1 is 1.44 bits per heavy atom. The molecule has 0 radical (unpaired) electrons. The van der Waals surface area contributed by atoms with Crippen molar-refractivity contribution in [2.24, 2.45) is 0 Å². The number of aliphatic hydroxyl groups excluding tert-OH is 1. The predicted octanol–water partition coefficient (Wildman–Crippen LogP) is 2.43. The molecule has 2 atom stereocenters. The fraction of sp³-hybridized carbons (Fsp3) is 0.650. The number of aliphatic hydroxyl groups is 1. The first-order chi connectivity index (χ1) is 12.9. The Balaban J connectivity index is 1.70. The molecule has 7 heteroatoms. The summed E-state index contributed by atoms with van der Waals surface area (Å²) < 4.78 is 12.5. The van der Waals surface area contributed by atoms with Gasteiger partial charge in [0.15, 0.2) is 5.65 Å². The van der Waals surface area contributed by atoms with Gasteiger partial charge in [-0.3, -0.25) is 4.79 Å². The Morgan fingerprint density at radius 3 is 2.96 bits per heavy atom. The summed E-state index contributed by atoms with van der Waals surface area (Å²) in [7, 11) is 0. The van der Waals surface area contributed by atoms with Crippen LogP contribution in [0.4, 0.5) is 0 Å². The molecular formula is C20H29N3O4. The average Bonchev–Trinajstić information content (AvgIpc) is 3.07. The molecule has 7 nitrogen and oxygen atoms in total. The van der Waals surface area contributed by atoms with Gasteiger partial charge in [0.25, 0.3) is 0 Å². The van der Waals surface area contributed by atoms with Gasteiger partial charge >= 0.3 is 5.97 Å². The standard InChI is InChI=1S/C20H29N3O4/c1-4-26-19(25)20(2,3)17-13-23-18(21-17)9-8-14(22-23)11-15(24)12-16-7-5-6-10-27-16/h8-9,13,15-16,24H,4-7,10-12H2,1-3H3. The van der Waals surface area contributed by atoms with E-state index in [1.807, 2.05) is 12.1 Å². The van der Waals surface area contributed by atoms with E-state index in [0.717, 1.165) is 31.6 Å². The molecule has 0 spiro atoms. The Morgan fingerprint density at radius 2 is 2.26 bits per heavy atom. The molecule has 0 aromatic carbocycles. The SMILES string of the molecule is CCOC(=O)C(C)(C)c1cn2nc(CC(O)CC3CCCCO3)ccc2n1. The van der Waals surface area contributed by atoms with Gasteiger partial charge < -0.3 is 14.6 Å². The van der Waals surface area contributed by atoms with Gasteiger partial charge in [-0.25, -0.2) is 9.50 Å². The summed E-state index contributed by atoms with van der Waals surface area (Å²) in [5.41, 5.74) is 1.21. The molecular weight excluding hydrogens is 346 g/mol. The number of hydrogen-bond donors (Lipinski definition) is 1. The Kier molecular flexibility index (Phi) is 6.11. The van der Waals surface area contributed by atoms with Crippen molar-refractivity contribution in [2.75, 3.05) is 13.2 Å². The second-order valence-electron chi connectivity index (χ2n) is 7.68. The zero-order valence-corrected chi connectivity index (χ0v) is 16.4. The van der Waals surface area contributed by atoms with Gasteiger partial charge in [0.05, 0.1) is 36.4 Å². The number of nitrogens with zero attached hydrogens (tertiary/aromatic N) is 3. The van der Waals surface area contributed by atoms with E-state index in [0.29, 0.717) is 30.8 Å². The summed E-state index contributed by atoms with van der Waals surface area (Å²) in [5, 5.41) is 14.9. The molecule has 2 unspecified atom stereocenters. The summed E-state index contributed by atoms with van der Waals surface area (Å²) in [6.07, 6.45) is 5.78. The van der Waals surface area contributed by atoms with Crippen LogP contribution in [0.15, 0.2) is 18.3 Å². The van der Waals surface area contributed by atoms with Gasteiger partial charge in [0, 0.05) is 13.0 Å². The zero-order chi connectivity index (χ0) is 19.4. The first kappa shape index (κ1) is 19.8. The smallest absolute Gasteiger partial charge is 0.317 e. The van der Waals surface area contributed by atoms with E-state index in [-0.39, 0.29) is 12.1 Å². The van der Waals surface area contributed by atoms with Gasteiger partial charge in [-0.2, -0.15) is 5.10 Å². The molecule has 1 aliphatic heterocycles. The van der Waals surface area contributed by atoms with Gasteiger partial charge in [-0.1, -0.05) is 0 Å². The highest BCUT2D eigenvalue weighted by Crippen LogP contribution is 2.24. The number of rotatable bonds is 7. The summed E-state index contributed by atoms with van der Waals surface area (Å²) in [6.45, 7) is 6.49. The highest BCUT2D eigenvalue weighted by Gasteiger charge is 2.34. The second-order valence-corrected chi connectivity index (χ2v) is 7.68. The number of fused-ring (bicyclic) bond motifs is 1. The predicted molar refractivity (Wildman–Crippen MR) is 101 cm³/mol. The summed E-state index contributed by atoms with van der Waals surface area (Å²) in [6, 6.07) is 3.73. The normalized spacial score (nSPS) is 19.2. The second kappa shape index (κ2) is 8.35. The topological polar surface area (TPSA) is 86.0 Å². The lowest BCUT2D eigenvalue weighted by molar-refractivity contribution is -0.148. The van der Waals surface area contributed by atoms with Crippen LogP contribution in [-0.2, 0) is 26.1 Å². The van der Waals surface area contributed by atoms with Gasteiger partial charge in [-0.05, 0) is 58.6 Å². The lowest BCUT2D eigenvalue weighted by Crippen LogP contribution is -2.31. The Bertz CT molecular complexity index is 781. The van der Waals surface area contributed by atoms with E-state index in [2.05, 4.69) is 10.1 Å². The maximum Gasteiger partial charge on any atom is 0.317 e. The molecule has 0 saturated carbocycles. The zero-order valence-electron chi connectivity index (χ0n) is 16.4. The molecule has 148 valence electrons. The molecule has 1 fully saturated rings. The largest absolute Gasteiger partial charge is 0.465 e. The van der Waals surface area contributed by atoms with E-state index in [1.165, 1.54) is 0 Å². The van der Waals surface area contributed by atoms with E-state index in [4.69, 9.17) is 9.47 Å². The molecule has 3 rings (SSSR count). The molecule has 2 aromatic heterocycles. The number of esters is 1. The highest BCUT2D eigenvalue weighted by atomic mass is 16.5. The Labute approximate surface area is 159 Å². The van der Waals surface area contributed by atoms with Crippen molar-refractivity contribution in [1.29, 1.82) is 0 Å². The summed E-state index contributed by atoms with van der Waals surface area (Å²) >= 11 is 0. The van der Waals surface area contributed by atoms with Crippen molar-refractivity contribution in [3.63, 3.8) is 0 Å². The van der Waals surface area contributed by atoms with Gasteiger partial charge in [0.2, 0.25) is 0 Å². The van der Waals surface area contributed by atoms with E-state index in [9.17, 15) is 9.90 Å². The third-order valence-corrected chi connectivity index (χ3v) is 5.06. The molecule has 0 amide bonds. The van der Waals surface area contributed by atoms with Crippen molar-refractivity contribution in [2.45, 2.75) is 70.5 Å². The molecule has 3 heterocycles. The highest BCUT2D eigenvalue weighted by molar-refractivity contribution is 5.81. The molecule has 2 aromatic rings. The van der Waals surface area contributed by atoms with E-state index in [1.54, 1.807) is 31.5 Å². The lowest BCUT2D eigenvalue weighted by atomic mass is 9.90. The maximum absolute atomic E-state index is 12.2. The van der Waals surface area contributed by atoms with Crippen LogP contribution in [-0.4, -0.2) is 51.1 Å². The first-order valence-corrected chi connectivity index (χ1v) is 9.73. The van der Waals surface area contributed by atoms with Crippen LogP contribution >= 0.6 is 0 Å². The number of imidazole rings is 1. The van der Waals surface area contributed by atoms with Crippen molar-refractivity contribution in [1.82, 2.24) is 14.6 Å². The fourth-order valence-corrected chi connectivity index (χ4v) is 3.37. The lowest BCUT2D eigenvalue weighted by Gasteiger charge is -2.24. The number of carbonyl (C=O) groups is 1. The Hall–Kier alpha value is -1.99. The molecule has 1 saturated heterocycles. The van der Waals surface area contributed by atoms with Crippen molar-refractivity contribution in [3.8, 4) is 0 Å². The van der Waals surface area contributed by atoms with Crippen molar-refractivity contribution in [3.05, 3.63) is 29.7 Å². The molecule has 1 aliphatic rings. The third-order valence-electron chi connectivity index (χ3n) is 5.06. The van der Waals surface area contributed by atoms with E-state index < -0.39 is 11.5 Å². The van der Waals surface area contributed by atoms with Gasteiger partial charge in [0.1, 0.15) is 5.41 Å². The average molecular weight is 375 g/mol. The van der Waals surface area contributed by atoms with Crippen LogP contribution in [0.5, 0.6) is 0 Å². The fourth-order valence-electron chi connectivity index (χ4n) is 3.37. The molecule has 0 bridgehead atoms. The minimum Gasteiger partial charge on any atom is -0.465 e. The third kappa shape index (κ3) is 4.65. The van der Waals surface area contributed by atoms with Crippen LogP contribution in [0.3, 0.4) is 0 Å². The quantitative estimate of drug-likeness (QED) is 0.748. The number of aromatic nitrogens is 3. The minimum atomic E-state index is -0.846. The van der Waals surface area contributed by atoms with Crippen molar-refractivity contribution < 1.29 is 19.4 Å². The molecule has 27 heavy (non-hydrogen) atoms. The maximum atomic E-state index is 12.2. The van der Waals surface area contributed by atoms with Crippen LogP contribution in [0, 0.1) is 0 Å². The number of ether oxygens (including phenoxy) is 2. The van der Waals surface area contributed by atoms with Crippen molar-refractivity contribution >= 4 is 11.6 Å². The van der Waals surface area contributed by atoms with Crippen LogP contribution in [0.25, 0.3) is 5.65 Å². The molecule has 1 N–H and O–H groups in total. The van der Waals surface area contributed by atoms with Crippen LogP contribution in [0.2, 0.25) is 0 Å². The number of hydrogen-bond acceptors (Lipinski definition) is 6. The van der Waals surface area contributed by atoms with Crippen LogP contribution < -0.4 is 0 Å². The minimum absolute atomic E-state index is 0.141.